The molecule has 0 saturated carbocycles. The van der Waals surface area contributed by atoms with Gasteiger partial charge in [0.25, 0.3) is 0 Å². The van der Waals surface area contributed by atoms with Crippen LogP contribution < -0.4 is 19.1 Å². The molecule has 3 heterocycles. The number of ether oxygens (including phenoxy) is 3. The SMILES string of the molecule is CCCC(=O)N1c2ccccc2-c2nnc(SC)nc2O[C@H]1c1cc2c(cc1Cl)OCO2. The molecule has 1 aromatic heterocycles. The van der Waals surface area contributed by atoms with Gasteiger partial charge in [-0.15, -0.1) is 10.2 Å². The van der Waals surface area contributed by atoms with Gasteiger partial charge in [-0.1, -0.05) is 48.5 Å². The average Bonchev–Trinajstić information content (AvgIpc) is 3.20. The smallest absolute Gasteiger partial charge is 0.247 e. The highest BCUT2D eigenvalue weighted by Gasteiger charge is 2.37. The number of amides is 1. The number of thioether (sulfide) groups is 1. The number of aromatic nitrogens is 3. The van der Waals surface area contributed by atoms with Gasteiger partial charge < -0.3 is 14.2 Å². The first-order valence-corrected chi connectivity index (χ1v) is 11.7. The second-order valence-electron chi connectivity index (χ2n) is 7.18. The number of hydrogen-bond donors (Lipinski definition) is 0. The predicted octanol–water partition coefficient (Wildman–Crippen LogP) is 4.87. The highest BCUT2D eigenvalue weighted by atomic mass is 35.5. The van der Waals surface area contributed by atoms with Gasteiger partial charge in [0.2, 0.25) is 30.0 Å². The first kappa shape index (κ1) is 20.8. The summed E-state index contributed by atoms with van der Waals surface area (Å²) in [4.78, 5) is 19.6. The second kappa shape index (κ2) is 8.48. The molecule has 3 aromatic rings. The standard InChI is InChI=1S/C22H19ClN4O4S/c1-3-6-18(28)27-15-8-5-4-7-12(15)19-20(24-22(32-2)26-25-19)31-21(27)13-9-16-17(10-14(13)23)30-11-29-16/h4-5,7-10,21H,3,6,11H2,1-2H3/t21-/m0/s1. The molecule has 2 aliphatic heterocycles. The molecule has 10 heteroatoms. The molecule has 0 saturated heterocycles. The lowest BCUT2D eigenvalue weighted by molar-refractivity contribution is -0.120. The van der Waals surface area contributed by atoms with Gasteiger partial charge in [-0.25, -0.2) is 0 Å². The van der Waals surface area contributed by atoms with Crippen molar-refractivity contribution in [2.75, 3.05) is 17.9 Å². The van der Waals surface area contributed by atoms with E-state index in [4.69, 9.17) is 25.8 Å². The Morgan fingerprint density at radius 3 is 2.78 bits per heavy atom. The highest BCUT2D eigenvalue weighted by Crippen LogP contribution is 2.47. The quantitative estimate of drug-likeness (QED) is 0.499. The van der Waals surface area contributed by atoms with Gasteiger partial charge in [0.1, 0.15) is 0 Å². The molecule has 0 fully saturated rings. The van der Waals surface area contributed by atoms with Crippen LogP contribution in [0.1, 0.15) is 31.6 Å². The lowest BCUT2D eigenvalue weighted by atomic mass is 10.1. The molecule has 164 valence electrons. The number of carbonyl (C=O) groups excluding carboxylic acids is 1. The molecular weight excluding hydrogens is 452 g/mol. The normalized spacial score (nSPS) is 16.1. The Kier molecular flexibility index (Phi) is 5.52. The maximum atomic E-state index is 13.4. The van der Waals surface area contributed by atoms with Gasteiger partial charge in [-0.3, -0.25) is 9.69 Å². The summed E-state index contributed by atoms with van der Waals surface area (Å²) in [5.41, 5.74) is 2.38. The maximum absolute atomic E-state index is 13.4. The summed E-state index contributed by atoms with van der Waals surface area (Å²) in [6.07, 6.45) is 1.99. The van der Waals surface area contributed by atoms with Gasteiger partial charge in [-0.05, 0) is 24.8 Å². The third-order valence-electron chi connectivity index (χ3n) is 5.18. The van der Waals surface area contributed by atoms with Crippen LogP contribution in [0.2, 0.25) is 5.02 Å². The van der Waals surface area contributed by atoms with E-state index < -0.39 is 6.23 Å². The summed E-state index contributed by atoms with van der Waals surface area (Å²) >= 11 is 8.00. The minimum Gasteiger partial charge on any atom is -0.454 e. The Bertz CT molecular complexity index is 1210. The number of hydrogen-bond acceptors (Lipinski definition) is 8. The van der Waals surface area contributed by atoms with Crippen molar-refractivity contribution in [2.24, 2.45) is 0 Å². The summed E-state index contributed by atoms with van der Waals surface area (Å²) in [6.45, 7) is 2.07. The summed E-state index contributed by atoms with van der Waals surface area (Å²) in [7, 11) is 0. The monoisotopic (exact) mass is 470 g/mol. The zero-order chi connectivity index (χ0) is 22.2. The molecule has 0 aliphatic carbocycles. The minimum atomic E-state index is -0.884. The van der Waals surface area contributed by atoms with E-state index in [9.17, 15) is 4.79 Å². The van der Waals surface area contributed by atoms with Crippen LogP contribution in [0, 0.1) is 0 Å². The molecule has 8 nitrogen and oxygen atoms in total. The van der Waals surface area contributed by atoms with Crippen LogP contribution >= 0.6 is 23.4 Å². The molecule has 2 aliphatic rings. The summed E-state index contributed by atoms with van der Waals surface area (Å²) < 4.78 is 17.4. The number of carbonyl (C=O) groups is 1. The van der Waals surface area contributed by atoms with Crippen molar-refractivity contribution in [3.63, 3.8) is 0 Å². The molecule has 1 amide bonds. The average molecular weight is 471 g/mol. The fourth-order valence-electron chi connectivity index (χ4n) is 3.73. The number of benzene rings is 2. The molecule has 0 radical (unpaired) electrons. The Hall–Kier alpha value is -3.04. The molecule has 1 atom stereocenters. The lowest BCUT2D eigenvalue weighted by Gasteiger charge is -2.31. The van der Waals surface area contributed by atoms with Gasteiger partial charge in [-0.2, -0.15) is 4.98 Å². The summed E-state index contributed by atoms with van der Waals surface area (Å²) in [5.74, 6) is 1.26. The van der Waals surface area contributed by atoms with Gasteiger partial charge >= 0.3 is 0 Å². The molecular formula is C22H19ClN4O4S. The number of halogens is 1. The lowest BCUT2D eigenvalue weighted by Crippen LogP contribution is -2.37. The summed E-state index contributed by atoms with van der Waals surface area (Å²) in [6, 6.07) is 10.9. The van der Waals surface area contributed by atoms with E-state index in [1.165, 1.54) is 11.8 Å². The minimum absolute atomic E-state index is 0.107. The van der Waals surface area contributed by atoms with Gasteiger partial charge in [0.05, 0.1) is 10.7 Å². The topological polar surface area (TPSA) is 86.7 Å². The summed E-state index contributed by atoms with van der Waals surface area (Å²) in [5, 5.41) is 9.39. The third-order valence-corrected chi connectivity index (χ3v) is 6.05. The van der Waals surface area contributed by atoms with Crippen molar-refractivity contribution in [3.05, 3.63) is 47.0 Å². The molecule has 0 bridgehead atoms. The largest absolute Gasteiger partial charge is 0.454 e. The first-order valence-electron chi connectivity index (χ1n) is 10.1. The Morgan fingerprint density at radius 2 is 2.00 bits per heavy atom. The molecule has 0 N–H and O–H groups in total. The Labute approximate surface area is 193 Å². The fourth-order valence-corrected chi connectivity index (χ4v) is 4.27. The Balaban J connectivity index is 1.75. The fraction of sp³-hybridized carbons (Fsp3) is 0.273. The van der Waals surface area contributed by atoms with Crippen molar-refractivity contribution in [1.29, 1.82) is 0 Å². The molecule has 32 heavy (non-hydrogen) atoms. The van der Waals surface area contributed by atoms with E-state index >= 15 is 0 Å². The number of nitrogens with zero attached hydrogens (tertiary/aromatic N) is 4. The molecule has 0 unspecified atom stereocenters. The van der Waals surface area contributed by atoms with Crippen LogP contribution in [0.4, 0.5) is 5.69 Å². The van der Waals surface area contributed by atoms with Crippen LogP contribution in [-0.4, -0.2) is 34.1 Å². The molecule has 5 rings (SSSR count). The highest BCUT2D eigenvalue weighted by molar-refractivity contribution is 7.98. The van der Waals surface area contributed by atoms with Crippen molar-refractivity contribution < 1.29 is 19.0 Å². The number of anilines is 1. The zero-order valence-corrected chi connectivity index (χ0v) is 18.9. The molecule has 2 aromatic carbocycles. The predicted molar refractivity (Wildman–Crippen MR) is 120 cm³/mol. The zero-order valence-electron chi connectivity index (χ0n) is 17.4. The van der Waals surface area contributed by atoms with E-state index in [-0.39, 0.29) is 18.6 Å². The molecule has 0 spiro atoms. The van der Waals surface area contributed by atoms with Crippen LogP contribution in [0.15, 0.2) is 41.6 Å². The van der Waals surface area contributed by atoms with E-state index in [1.807, 2.05) is 37.4 Å². The van der Waals surface area contributed by atoms with E-state index in [2.05, 4.69) is 15.2 Å². The van der Waals surface area contributed by atoms with Gasteiger partial charge in [0.15, 0.2) is 17.2 Å². The van der Waals surface area contributed by atoms with E-state index in [1.54, 1.807) is 17.0 Å². The Morgan fingerprint density at radius 1 is 1.22 bits per heavy atom. The third kappa shape index (κ3) is 3.51. The van der Waals surface area contributed by atoms with Crippen LogP contribution in [-0.2, 0) is 4.79 Å². The van der Waals surface area contributed by atoms with Crippen LogP contribution in [0.5, 0.6) is 17.4 Å². The number of para-hydroxylation sites is 1. The maximum Gasteiger partial charge on any atom is 0.247 e. The van der Waals surface area contributed by atoms with Crippen molar-refractivity contribution in [1.82, 2.24) is 15.2 Å². The van der Waals surface area contributed by atoms with Crippen LogP contribution in [0.25, 0.3) is 11.3 Å². The van der Waals surface area contributed by atoms with Crippen molar-refractivity contribution >= 4 is 35.0 Å². The van der Waals surface area contributed by atoms with Crippen molar-refractivity contribution in [3.8, 4) is 28.6 Å². The second-order valence-corrected chi connectivity index (χ2v) is 8.36. The number of rotatable bonds is 4. The number of fused-ring (bicyclic) bond motifs is 4. The first-order chi connectivity index (χ1) is 15.6. The van der Waals surface area contributed by atoms with E-state index in [0.717, 1.165) is 0 Å². The van der Waals surface area contributed by atoms with Gasteiger partial charge in [0, 0.05) is 23.6 Å². The van der Waals surface area contributed by atoms with E-state index in [0.29, 0.717) is 57.0 Å². The van der Waals surface area contributed by atoms with Crippen molar-refractivity contribution in [2.45, 2.75) is 31.1 Å². The van der Waals surface area contributed by atoms with Crippen LogP contribution in [0.3, 0.4) is 0 Å².